The van der Waals surface area contributed by atoms with Crippen molar-refractivity contribution in [3.63, 3.8) is 0 Å². The number of hydrogen-bond donors (Lipinski definition) is 1. The smallest absolute Gasteiger partial charge is 0.289 e. The monoisotopic (exact) mass is 366 g/mol. The molecular weight excluding hydrogens is 342 g/mol. The van der Waals surface area contributed by atoms with Gasteiger partial charge in [0.15, 0.2) is 4.90 Å². The van der Waals surface area contributed by atoms with Crippen LogP contribution in [-0.4, -0.2) is 50.4 Å². The van der Waals surface area contributed by atoms with Crippen LogP contribution < -0.4 is 4.90 Å². The van der Waals surface area contributed by atoms with E-state index in [0.717, 1.165) is 32.5 Å². The van der Waals surface area contributed by atoms with Gasteiger partial charge in [-0.15, -0.1) is 0 Å². The maximum absolute atomic E-state index is 12.8. The van der Waals surface area contributed by atoms with E-state index in [4.69, 9.17) is 0 Å². The van der Waals surface area contributed by atoms with Crippen molar-refractivity contribution in [1.82, 2.24) is 4.31 Å². The molecule has 0 radical (unpaired) electrons. The van der Waals surface area contributed by atoms with Gasteiger partial charge in [0.2, 0.25) is 10.0 Å². The molecule has 0 aromatic heterocycles. The van der Waals surface area contributed by atoms with Gasteiger partial charge in [-0.1, -0.05) is 24.3 Å². The van der Waals surface area contributed by atoms with Crippen molar-refractivity contribution < 1.29 is 18.2 Å². The van der Waals surface area contributed by atoms with E-state index in [9.17, 15) is 18.5 Å². The van der Waals surface area contributed by atoms with Gasteiger partial charge in [-0.2, -0.15) is 4.31 Å². The number of allylic oxidation sites excluding steroid dienone is 2. The number of rotatable bonds is 5. The highest BCUT2D eigenvalue weighted by Crippen LogP contribution is 2.26. The summed E-state index contributed by atoms with van der Waals surface area (Å²) in [5.41, 5.74) is -0.355. The van der Waals surface area contributed by atoms with Crippen molar-refractivity contribution in [3.8, 4) is 0 Å². The SMILES string of the molecule is O=[N+]([O-])c1ccccc1S(=O)(=O)N1CC[NH+](C[C@@H]2CC=CCC2)CC1. The van der Waals surface area contributed by atoms with Gasteiger partial charge in [0.25, 0.3) is 5.69 Å². The van der Waals surface area contributed by atoms with Crippen molar-refractivity contribution in [3.05, 3.63) is 46.5 Å². The van der Waals surface area contributed by atoms with Crippen molar-refractivity contribution >= 4 is 15.7 Å². The van der Waals surface area contributed by atoms with E-state index in [1.54, 1.807) is 0 Å². The van der Waals surface area contributed by atoms with E-state index < -0.39 is 14.9 Å². The van der Waals surface area contributed by atoms with Crippen LogP contribution in [-0.2, 0) is 10.0 Å². The second-order valence-corrected chi connectivity index (χ2v) is 8.64. The highest BCUT2D eigenvalue weighted by atomic mass is 32.2. The number of piperazine rings is 1. The van der Waals surface area contributed by atoms with E-state index in [1.165, 1.54) is 39.9 Å². The number of nitro groups is 1. The molecule has 1 aromatic rings. The van der Waals surface area contributed by atoms with Crippen LogP contribution in [0.15, 0.2) is 41.3 Å². The Morgan fingerprint density at radius 1 is 1.20 bits per heavy atom. The predicted molar refractivity (Wildman–Crippen MR) is 93.9 cm³/mol. The fourth-order valence-electron chi connectivity index (χ4n) is 3.66. The summed E-state index contributed by atoms with van der Waals surface area (Å²) in [5, 5.41) is 11.1. The summed E-state index contributed by atoms with van der Waals surface area (Å²) in [7, 11) is -3.83. The van der Waals surface area contributed by atoms with Crippen LogP contribution in [0.5, 0.6) is 0 Å². The zero-order chi connectivity index (χ0) is 17.9. The van der Waals surface area contributed by atoms with Crippen LogP contribution in [0, 0.1) is 16.0 Å². The fourth-order valence-corrected chi connectivity index (χ4v) is 5.26. The topological polar surface area (TPSA) is 85.0 Å². The third kappa shape index (κ3) is 4.08. The van der Waals surface area contributed by atoms with Crippen molar-refractivity contribution in [2.75, 3.05) is 32.7 Å². The molecule has 0 amide bonds. The average molecular weight is 366 g/mol. The largest absolute Gasteiger partial charge is 0.333 e. The number of nitrogens with one attached hydrogen (secondary N) is 1. The van der Waals surface area contributed by atoms with E-state index in [1.807, 2.05) is 0 Å². The molecule has 1 aliphatic carbocycles. The zero-order valence-electron chi connectivity index (χ0n) is 14.1. The molecule has 8 heteroatoms. The Kier molecular flexibility index (Phi) is 5.51. The Morgan fingerprint density at radius 2 is 1.92 bits per heavy atom. The van der Waals surface area contributed by atoms with E-state index in [0.29, 0.717) is 19.0 Å². The molecule has 0 saturated carbocycles. The van der Waals surface area contributed by atoms with Crippen LogP contribution in [0.2, 0.25) is 0 Å². The molecule has 1 aromatic carbocycles. The molecule has 7 nitrogen and oxygen atoms in total. The number of quaternary nitrogens is 1. The summed E-state index contributed by atoms with van der Waals surface area (Å²) in [6, 6.07) is 5.57. The van der Waals surface area contributed by atoms with E-state index >= 15 is 0 Å². The molecule has 3 rings (SSSR count). The van der Waals surface area contributed by atoms with Crippen LogP contribution in [0.1, 0.15) is 19.3 Å². The molecule has 0 bridgehead atoms. The highest BCUT2D eigenvalue weighted by Gasteiger charge is 2.35. The lowest BCUT2D eigenvalue weighted by Crippen LogP contribution is -3.15. The quantitative estimate of drug-likeness (QED) is 0.475. The number of hydrogen-bond acceptors (Lipinski definition) is 4. The van der Waals surface area contributed by atoms with Gasteiger partial charge in [-0.05, 0) is 25.3 Å². The lowest BCUT2D eigenvalue weighted by atomic mass is 9.94. The van der Waals surface area contributed by atoms with Crippen LogP contribution >= 0.6 is 0 Å². The Morgan fingerprint density at radius 3 is 2.56 bits per heavy atom. The third-order valence-electron chi connectivity index (χ3n) is 5.06. The third-order valence-corrected chi connectivity index (χ3v) is 7.01. The summed E-state index contributed by atoms with van der Waals surface area (Å²) >= 11 is 0. The molecule has 1 atom stereocenters. The van der Waals surface area contributed by atoms with Gasteiger partial charge in [-0.25, -0.2) is 8.42 Å². The molecule has 1 saturated heterocycles. The minimum atomic E-state index is -3.83. The van der Waals surface area contributed by atoms with Gasteiger partial charge >= 0.3 is 0 Å². The summed E-state index contributed by atoms with van der Waals surface area (Å²) in [5.74, 6) is 0.679. The minimum Gasteiger partial charge on any atom is -0.333 e. The Balaban J connectivity index is 1.66. The molecule has 1 heterocycles. The first-order valence-electron chi connectivity index (χ1n) is 8.70. The Bertz CT molecular complexity index is 755. The lowest BCUT2D eigenvalue weighted by molar-refractivity contribution is -0.907. The maximum Gasteiger partial charge on any atom is 0.289 e. The number of sulfonamides is 1. The fraction of sp³-hybridized carbons (Fsp3) is 0.529. The van der Waals surface area contributed by atoms with Crippen molar-refractivity contribution in [2.24, 2.45) is 5.92 Å². The van der Waals surface area contributed by atoms with Gasteiger partial charge in [-0.3, -0.25) is 10.1 Å². The molecule has 1 N–H and O–H groups in total. The molecule has 1 aliphatic heterocycles. The first-order valence-corrected chi connectivity index (χ1v) is 10.1. The van der Waals surface area contributed by atoms with Crippen LogP contribution in [0.4, 0.5) is 5.69 Å². The highest BCUT2D eigenvalue weighted by molar-refractivity contribution is 7.89. The average Bonchev–Trinajstić information content (AvgIpc) is 2.63. The second kappa shape index (κ2) is 7.63. The van der Waals surface area contributed by atoms with Crippen LogP contribution in [0.3, 0.4) is 0 Å². The molecular formula is C17H24N3O4S+. The molecule has 1 fully saturated rings. The zero-order valence-corrected chi connectivity index (χ0v) is 15.0. The Labute approximate surface area is 148 Å². The van der Waals surface area contributed by atoms with Crippen LogP contribution in [0.25, 0.3) is 0 Å². The predicted octanol–water partition coefficient (Wildman–Crippen LogP) is 0.840. The van der Waals surface area contributed by atoms with Gasteiger partial charge in [0.1, 0.15) is 0 Å². The lowest BCUT2D eigenvalue weighted by Gasteiger charge is -2.33. The molecule has 0 unspecified atom stereocenters. The summed E-state index contributed by atoms with van der Waals surface area (Å²) in [4.78, 5) is 11.7. The maximum atomic E-state index is 12.8. The molecule has 25 heavy (non-hydrogen) atoms. The number of para-hydroxylation sites is 1. The van der Waals surface area contributed by atoms with Gasteiger partial charge in [0.05, 0.1) is 37.6 Å². The normalized spacial score (nSPS) is 22.8. The standard InChI is InChI=1S/C17H23N3O4S/c21-20(22)16-8-4-5-9-17(16)25(23,24)19-12-10-18(11-13-19)14-15-6-2-1-3-7-15/h1-2,4-5,8-9,15H,3,6-7,10-14H2/p+1/t15-/m1/s1. The summed E-state index contributed by atoms with van der Waals surface area (Å²) in [6.45, 7) is 3.39. The van der Waals surface area contributed by atoms with Crippen molar-refractivity contribution in [2.45, 2.75) is 24.2 Å². The summed E-state index contributed by atoms with van der Waals surface area (Å²) in [6.07, 6.45) is 7.92. The number of nitrogens with zero attached hydrogens (tertiary/aromatic N) is 2. The Hall–Kier alpha value is -1.77. The van der Waals surface area contributed by atoms with E-state index in [-0.39, 0.29) is 10.6 Å². The second-order valence-electron chi connectivity index (χ2n) is 6.73. The van der Waals surface area contributed by atoms with E-state index in [2.05, 4.69) is 12.2 Å². The van der Waals surface area contributed by atoms with Crippen molar-refractivity contribution in [1.29, 1.82) is 0 Å². The van der Waals surface area contributed by atoms with Gasteiger partial charge in [0, 0.05) is 12.0 Å². The first kappa shape index (κ1) is 18.0. The molecule has 136 valence electrons. The van der Waals surface area contributed by atoms with Gasteiger partial charge < -0.3 is 4.90 Å². The number of benzene rings is 1. The molecule has 0 spiro atoms. The summed E-state index contributed by atoms with van der Waals surface area (Å²) < 4.78 is 27.0. The number of nitro benzene ring substituents is 1. The minimum absolute atomic E-state index is 0.208. The molecule has 2 aliphatic rings. The first-order chi connectivity index (χ1) is 12.0.